The summed E-state index contributed by atoms with van der Waals surface area (Å²) in [4.78, 5) is 11.1. The van der Waals surface area contributed by atoms with Crippen LogP contribution in [-0.2, 0) is 17.8 Å². The number of aliphatic carboxylic acids is 1. The van der Waals surface area contributed by atoms with E-state index in [9.17, 15) is 4.79 Å². The number of hydrogen-bond acceptors (Lipinski definition) is 3. The lowest BCUT2D eigenvalue weighted by Gasteiger charge is -2.12. The largest absolute Gasteiger partial charge is 0.488 e. The molecule has 24 heavy (non-hydrogen) atoms. The summed E-state index contributed by atoms with van der Waals surface area (Å²) in [5, 5.41) is 11.6. The van der Waals surface area contributed by atoms with Gasteiger partial charge in [0.05, 0.1) is 6.42 Å². The van der Waals surface area contributed by atoms with E-state index in [1.807, 2.05) is 36.4 Å². The minimum absolute atomic E-state index is 0.0667. The molecule has 0 radical (unpaired) electrons. The van der Waals surface area contributed by atoms with Crippen molar-refractivity contribution in [3.63, 3.8) is 0 Å². The fourth-order valence-corrected chi connectivity index (χ4v) is 2.92. The van der Waals surface area contributed by atoms with Crippen LogP contribution in [0.2, 0.25) is 0 Å². The van der Waals surface area contributed by atoms with E-state index in [1.54, 1.807) is 12.1 Å². The monoisotopic (exact) mass is 326 g/mol. The van der Waals surface area contributed by atoms with Crippen molar-refractivity contribution in [2.24, 2.45) is 0 Å². The molecule has 0 fully saturated rings. The van der Waals surface area contributed by atoms with Gasteiger partial charge in [0, 0.05) is 9.68 Å². The molecule has 0 aromatic heterocycles. The molecule has 3 rings (SSSR count). The van der Waals surface area contributed by atoms with Crippen LogP contribution in [0.1, 0.15) is 32.8 Å². The molecule has 0 saturated heterocycles. The number of carbonyl (C=O) groups is 1. The van der Waals surface area contributed by atoms with Crippen LogP contribution in [0.5, 0.6) is 5.75 Å². The number of benzene rings is 2. The van der Waals surface area contributed by atoms with E-state index in [-0.39, 0.29) is 6.42 Å². The molecular formula is C20H21NO3. The predicted molar refractivity (Wildman–Crippen MR) is 94.2 cm³/mol. The van der Waals surface area contributed by atoms with Crippen LogP contribution in [-0.4, -0.2) is 24.6 Å². The zero-order chi connectivity index (χ0) is 19.4. The Morgan fingerprint density at radius 2 is 2.21 bits per heavy atom. The van der Waals surface area contributed by atoms with Crippen molar-refractivity contribution in [2.75, 3.05) is 13.5 Å². The van der Waals surface area contributed by atoms with Gasteiger partial charge in [-0.05, 0) is 54.3 Å². The summed E-state index contributed by atoms with van der Waals surface area (Å²) >= 11 is 0. The highest BCUT2D eigenvalue weighted by Crippen LogP contribution is 2.37. The van der Waals surface area contributed by atoms with Crippen molar-refractivity contribution < 1.29 is 18.8 Å². The Balaban J connectivity index is 1.99. The van der Waals surface area contributed by atoms with Crippen molar-refractivity contribution in [3.05, 3.63) is 70.8 Å². The second kappa shape index (κ2) is 7.32. The van der Waals surface area contributed by atoms with Crippen molar-refractivity contribution in [3.8, 4) is 5.75 Å². The van der Waals surface area contributed by atoms with Crippen LogP contribution >= 0.6 is 0 Å². The number of carboxylic acids is 1. The molecule has 0 bridgehead atoms. The molecule has 1 heterocycles. The molecule has 1 aliphatic heterocycles. The molecule has 0 saturated carbocycles. The first-order valence-electron chi connectivity index (χ1n) is 9.35. The number of fused-ring (bicyclic) bond motifs is 2. The summed E-state index contributed by atoms with van der Waals surface area (Å²) in [7, 11) is 0. The minimum Gasteiger partial charge on any atom is -0.488 e. The maximum absolute atomic E-state index is 11.1. The van der Waals surface area contributed by atoms with Crippen molar-refractivity contribution in [2.45, 2.75) is 19.4 Å². The van der Waals surface area contributed by atoms with Crippen molar-refractivity contribution >= 4 is 11.5 Å². The summed E-state index contributed by atoms with van der Waals surface area (Å²) < 4.78 is 27.7. The quantitative estimate of drug-likeness (QED) is 0.828. The third-order valence-corrected chi connectivity index (χ3v) is 4.00. The Labute approximate surface area is 146 Å². The second-order valence-electron chi connectivity index (χ2n) is 5.68. The van der Waals surface area contributed by atoms with Crippen LogP contribution < -0.4 is 10.1 Å². The number of carboxylic acid groups (broad SMARTS) is 1. The van der Waals surface area contributed by atoms with Crippen molar-refractivity contribution in [1.29, 1.82) is 0 Å². The summed E-state index contributed by atoms with van der Waals surface area (Å²) in [6.45, 7) is -1.44. The highest BCUT2D eigenvalue weighted by atomic mass is 16.5. The Morgan fingerprint density at radius 3 is 3.04 bits per heavy atom. The maximum Gasteiger partial charge on any atom is 0.307 e. The third-order valence-electron chi connectivity index (χ3n) is 4.00. The van der Waals surface area contributed by atoms with Gasteiger partial charge < -0.3 is 15.2 Å². The van der Waals surface area contributed by atoms with E-state index in [2.05, 4.69) is 5.32 Å². The summed E-state index contributed by atoms with van der Waals surface area (Å²) in [6.07, 6.45) is 2.43. The molecule has 0 amide bonds. The topological polar surface area (TPSA) is 58.6 Å². The first kappa shape index (κ1) is 12.8. The van der Waals surface area contributed by atoms with Gasteiger partial charge >= 0.3 is 5.97 Å². The molecule has 4 nitrogen and oxygen atoms in total. The van der Waals surface area contributed by atoms with Gasteiger partial charge in [-0.25, -0.2) is 0 Å². The fourth-order valence-electron chi connectivity index (χ4n) is 2.92. The van der Waals surface area contributed by atoms with Gasteiger partial charge in [-0.3, -0.25) is 4.79 Å². The van der Waals surface area contributed by atoms with Crippen LogP contribution in [0, 0.1) is 0 Å². The first-order valence-corrected chi connectivity index (χ1v) is 7.85. The van der Waals surface area contributed by atoms with Crippen LogP contribution in [0.25, 0.3) is 5.57 Å². The van der Waals surface area contributed by atoms with Crippen LogP contribution in [0.4, 0.5) is 0 Å². The van der Waals surface area contributed by atoms with Gasteiger partial charge in [0.25, 0.3) is 0 Å². The van der Waals surface area contributed by atoms with E-state index in [0.717, 1.165) is 22.3 Å². The highest BCUT2D eigenvalue weighted by Gasteiger charge is 2.19. The Kier molecular flexibility index (Phi) is 3.90. The molecule has 0 spiro atoms. The second-order valence-corrected chi connectivity index (χ2v) is 5.68. The normalized spacial score (nSPS) is 16.8. The van der Waals surface area contributed by atoms with E-state index in [0.29, 0.717) is 30.9 Å². The smallest absolute Gasteiger partial charge is 0.307 e. The Morgan fingerprint density at radius 1 is 1.33 bits per heavy atom. The Bertz CT molecular complexity index is 875. The minimum atomic E-state index is -2.17. The van der Waals surface area contributed by atoms with Crippen LogP contribution in [0.3, 0.4) is 0 Å². The molecule has 4 heteroatoms. The molecule has 0 unspecified atom stereocenters. The highest BCUT2D eigenvalue weighted by molar-refractivity contribution is 5.85. The molecular weight excluding hydrogens is 302 g/mol. The first-order chi connectivity index (χ1) is 12.8. The lowest BCUT2D eigenvalue weighted by Crippen LogP contribution is -2.06. The molecule has 2 aromatic rings. The summed E-state index contributed by atoms with van der Waals surface area (Å²) in [5.74, 6) is -0.201. The molecule has 0 aliphatic carbocycles. The van der Waals surface area contributed by atoms with E-state index in [4.69, 9.17) is 14.0 Å². The van der Waals surface area contributed by atoms with E-state index in [1.165, 1.54) is 0 Å². The van der Waals surface area contributed by atoms with Gasteiger partial charge in [0.1, 0.15) is 12.4 Å². The third kappa shape index (κ3) is 3.49. The van der Waals surface area contributed by atoms with Crippen LogP contribution in [0.15, 0.2) is 48.5 Å². The van der Waals surface area contributed by atoms with E-state index >= 15 is 0 Å². The fraction of sp³-hybridized carbons (Fsp3) is 0.250. The standard InChI is InChI=1S/C20H21NO3/c1-21-10-4-7-17-16-6-3-2-5-15(16)13-24-19-9-8-14(11-18(17)19)12-20(22)23/h2-3,5-9,11,21H,4,10,12-13H2,1H3,(H,22,23)/b17-7+/i1D3. The number of ether oxygens (including phenoxy) is 1. The van der Waals surface area contributed by atoms with Gasteiger partial charge in [0.15, 0.2) is 0 Å². The number of nitrogens with one attached hydrogen (secondary N) is 1. The lowest BCUT2D eigenvalue weighted by atomic mass is 9.92. The predicted octanol–water partition coefficient (Wildman–Crippen LogP) is 3.25. The zero-order valence-electron chi connectivity index (χ0n) is 16.2. The molecule has 124 valence electrons. The zero-order valence-corrected chi connectivity index (χ0v) is 13.2. The molecule has 2 aromatic carbocycles. The molecule has 0 atom stereocenters. The van der Waals surface area contributed by atoms with Gasteiger partial charge in [-0.1, -0.05) is 36.4 Å². The van der Waals surface area contributed by atoms with Crippen molar-refractivity contribution in [1.82, 2.24) is 5.32 Å². The average Bonchev–Trinajstić information content (AvgIpc) is 2.74. The van der Waals surface area contributed by atoms with E-state index < -0.39 is 12.9 Å². The molecule has 2 N–H and O–H groups in total. The summed E-state index contributed by atoms with van der Waals surface area (Å²) in [6, 6.07) is 13.3. The van der Waals surface area contributed by atoms with Gasteiger partial charge in [-0.2, -0.15) is 0 Å². The number of rotatable bonds is 5. The summed E-state index contributed by atoms with van der Waals surface area (Å²) in [5.41, 5.74) is 4.49. The SMILES string of the molecule is [2H]C([2H])([2H])NCC/C=C1\c2ccccc2COc2ccc(CC(=O)O)cc21. The van der Waals surface area contributed by atoms with Gasteiger partial charge in [-0.15, -0.1) is 0 Å². The molecule has 1 aliphatic rings. The average molecular weight is 326 g/mol. The lowest BCUT2D eigenvalue weighted by molar-refractivity contribution is -0.136. The maximum atomic E-state index is 11.1. The number of hydrogen-bond donors (Lipinski definition) is 2. The Hall–Kier alpha value is -2.59. The van der Waals surface area contributed by atoms with Gasteiger partial charge in [0.2, 0.25) is 0 Å².